The fraction of sp³-hybridized carbons (Fsp3) is 0.659. The third-order valence-corrected chi connectivity index (χ3v) is 8.73. The second-order valence-corrected chi connectivity index (χ2v) is 12.7. The highest BCUT2D eigenvalue weighted by Gasteiger charge is 2.78. The SMILES string of the molecule is C=C(C)C(=O)Oc1c(OCC)c(OCC)c(C(C)(C)C2(OCC)C=CC(OC(=O)C(=C)C)C(OCC)(OCC)C2(OCC)OCC)c(OCC)c1OCC. The molecule has 13 heteroatoms. The molecule has 1 aromatic rings. The van der Waals surface area contributed by atoms with E-state index in [1.165, 1.54) is 0 Å². The third-order valence-electron chi connectivity index (χ3n) is 8.73. The summed E-state index contributed by atoms with van der Waals surface area (Å²) in [5, 5.41) is 0. The summed E-state index contributed by atoms with van der Waals surface area (Å²) in [7, 11) is 0. The molecular weight excluding hydrogens is 700 g/mol. The summed E-state index contributed by atoms with van der Waals surface area (Å²) < 4.78 is 71.5. The van der Waals surface area contributed by atoms with Crippen LogP contribution in [-0.2, 0) is 43.4 Å². The predicted molar refractivity (Wildman–Crippen MR) is 205 cm³/mol. The molecule has 0 saturated carbocycles. The summed E-state index contributed by atoms with van der Waals surface area (Å²) in [4.78, 5) is 26.4. The molecule has 54 heavy (non-hydrogen) atoms. The van der Waals surface area contributed by atoms with Gasteiger partial charge in [-0.15, -0.1) is 0 Å². The summed E-state index contributed by atoms with van der Waals surface area (Å²) in [6.07, 6.45) is 2.22. The van der Waals surface area contributed by atoms with Crippen LogP contribution in [0.2, 0.25) is 0 Å². The van der Waals surface area contributed by atoms with Crippen LogP contribution in [0.1, 0.15) is 95.6 Å². The summed E-state index contributed by atoms with van der Waals surface area (Å²) in [6, 6.07) is 0. The Morgan fingerprint density at radius 2 is 1.00 bits per heavy atom. The number of hydrogen-bond acceptors (Lipinski definition) is 13. The topological polar surface area (TPSA) is 136 Å². The average Bonchev–Trinajstić information content (AvgIpc) is 3.11. The minimum Gasteiger partial charge on any atom is -0.489 e. The minimum atomic E-state index is -2.01. The molecule has 1 aliphatic rings. The van der Waals surface area contributed by atoms with E-state index in [0.717, 1.165) is 0 Å². The van der Waals surface area contributed by atoms with Gasteiger partial charge < -0.3 is 52.1 Å². The van der Waals surface area contributed by atoms with Gasteiger partial charge in [-0.05, 0) is 88.3 Å². The van der Waals surface area contributed by atoms with Gasteiger partial charge in [0.15, 0.2) is 23.2 Å². The van der Waals surface area contributed by atoms with Crippen molar-refractivity contribution in [3.05, 3.63) is 42.0 Å². The quantitative estimate of drug-likeness (QED) is 0.0340. The van der Waals surface area contributed by atoms with E-state index >= 15 is 0 Å². The van der Waals surface area contributed by atoms with E-state index in [4.69, 9.17) is 52.1 Å². The third kappa shape index (κ3) is 8.45. The standard InChI is InChI=1S/C41H64O13/c1-16-44-31-30(32(45-17-2)34(47-19-4)35(33(31)46-18-3)54-37(43)28(12)13)38(14,15)39(48-20-5)26-25-29(53-36(42)27(10)11)40(49-21-6,50-22-7)41(39,51-23-8)52-24-9/h25-26,29H,10,12,16-24H2,1-9,11,13-15H3. The maximum absolute atomic E-state index is 13.2. The van der Waals surface area contributed by atoms with Crippen LogP contribution in [0.25, 0.3) is 0 Å². The molecule has 2 atom stereocenters. The first-order valence-corrected chi connectivity index (χ1v) is 19.0. The van der Waals surface area contributed by atoms with Gasteiger partial charge in [0.25, 0.3) is 11.6 Å². The molecule has 0 heterocycles. The average molecular weight is 765 g/mol. The van der Waals surface area contributed by atoms with Crippen molar-refractivity contribution in [1.29, 1.82) is 0 Å². The Kier molecular flexibility index (Phi) is 17.5. The van der Waals surface area contributed by atoms with Gasteiger partial charge >= 0.3 is 11.9 Å². The van der Waals surface area contributed by atoms with Crippen LogP contribution in [0, 0.1) is 0 Å². The smallest absolute Gasteiger partial charge is 0.338 e. The number of rotatable bonds is 24. The zero-order valence-corrected chi connectivity index (χ0v) is 34.8. The normalized spacial score (nSPS) is 18.8. The predicted octanol–water partition coefficient (Wildman–Crippen LogP) is 7.41. The van der Waals surface area contributed by atoms with E-state index in [2.05, 4.69) is 13.2 Å². The Morgan fingerprint density at radius 3 is 1.37 bits per heavy atom. The monoisotopic (exact) mass is 764 g/mol. The van der Waals surface area contributed by atoms with Crippen molar-refractivity contribution in [2.75, 3.05) is 59.5 Å². The highest BCUT2D eigenvalue weighted by molar-refractivity contribution is 5.90. The molecule has 0 radical (unpaired) electrons. The Hall–Kier alpha value is -3.62. The van der Waals surface area contributed by atoms with Gasteiger partial charge in [-0.25, -0.2) is 9.59 Å². The highest BCUT2D eigenvalue weighted by atomic mass is 16.8. The molecule has 0 bridgehead atoms. The molecule has 0 fully saturated rings. The molecule has 13 nitrogen and oxygen atoms in total. The zero-order valence-electron chi connectivity index (χ0n) is 34.8. The van der Waals surface area contributed by atoms with E-state index in [-0.39, 0.29) is 99.4 Å². The van der Waals surface area contributed by atoms with E-state index in [0.29, 0.717) is 5.56 Å². The van der Waals surface area contributed by atoms with Crippen LogP contribution in [0.4, 0.5) is 0 Å². The van der Waals surface area contributed by atoms with Crippen molar-refractivity contribution in [2.24, 2.45) is 0 Å². The summed E-state index contributed by atoms with van der Waals surface area (Å²) >= 11 is 0. The lowest BCUT2D eigenvalue weighted by Gasteiger charge is -2.63. The van der Waals surface area contributed by atoms with Crippen LogP contribution in [-0.4, -0.2) is 94.7 Å². The van der Waals surface area contributed by atoms with Crippen LogP contribution in [0.3, 0.4) is 0 Å². The summed E-state index contributed by atoms with van der Waals surface area (Å²) in [5.41, 5.74) is -2.32. The van der Waals surface area contributed by atoms with Crippen molar-refractivity contribution >= 4 is 11.9 Å². The van der Waals surface area contributed by atoms with E-state index in [9.17, 15) is 9.59 Å². The number of carbonyl (C=O) groups is 2. The largest absolute Gasteiger partial charge is 0.489 e. The Labute approximate surface area is 322 Å². The van der Waals surface area contributed by atoms with Crippen molar-refractivity contribution in [1.82, 2.24) is 0 Å². The van der Waals surface area contributed by atoms with Crippen LogP contribution in [0.5, 0.6) is 28.7 Å². The van der Waals surface area contributed by atoms with E-state index in [1.54, 1.807) is 53.7 Å². The summed E-state index contributed by atoms with van der Waals surface area (Å²) in [5.74, 6) is -4.78. The lowest BCUT2D eigenvalue weighted by Crippen LogP contribution is -2.81. The molecule has 2 unspecified atom stereocenters. The lowest BCUT2D eigenvalue weighted by atomic mass is 9.60. The Balaban J connectivity index is 3.50. The Morgan fingerprint density at radius 1 is 0.593 bits per heavy atom. The van der Waals surface area contributed by atoms with E-state index < -0.39 is 40.6 Å². The first-order valence-electron chi connectivity index (χ1n) is 19.0. The maximum Gasteiger partial charge on any atom is 0.338 e. The number of carbonyl (C=O) groups excluding carboxylic acids is 2. The van der Waals surface area contributed by atoms with Crippen LogP contribution >= 0.6 is 0 Å². The van der Waals surface area contributed by atoms with Crippen molar-refractivity contribution in [2.45, 2.75) is 119 Å². The second kappa shape index (κ2) is 20.3. The van der Waals surface area contributed by atoms with Gasteiger partial charge in [0.1, 0.15) is 0 Å². The number of benzene rings is 1. The first-order chi connectivity index (χ1) is 25.6. The lowest BCUT2D eigenvalue weighted by molar-refractivity contribution is -0.470. The fourth-order valence-electron chi connectivity index (χ4n) is 6.88. The van der Waals surface area contributed by atoms with Gasteiger partial charge in [-0.2, -0.15) is 0 Å². The first kappa shape index (κ1) is 46.5. The molecule has 0 aliphatic heterocycles. The second-order valence-electron chi connectivity index (χ2n) is 12.7. The maximum atomic E-state index is 13.2. The number of hydrogen-bond donors (Lipinski definition) is 0. The molecule has 2 rings (SSSR count). The molecule has 0 saturated heterocycles. The summed E-state index contributed by atoms with van der Waals surface area (Å²) in [6.45, 7) is 32.0. The number of esters is 2. The van der Waals surface area contributed by atoms with Gasteiger partial charge in [0.05, 0.1) is 32.0 Å². The fourth-order valence-corrected chi connectivity index (χ4v) is 6.88. The highest BCUT2D eigenvalue weighted by Crippen LogP contribution is 2.64. The van der Waals surface area contributed by atoms with Gasteiger partial charge in [-0.1, -0.05) is 27.0 Å². The molecule has 1 aromatic carbocycles. The molecule has 0 N–H and O–H groups in total. The van der Waals surface area contributed by atoms with Crippen molar-refractivity contribution in [3.8, 4) is 28.7 Å². The Bertz CT molecular complexity index is 1430. The van der Waals surface area contributed by atoms with Crippen LogP contribution in [0.15, 0.2) is 36.5 Å². The molecule has 0 amide bonds. The molecule has 1 aliphatic carbocycles. The number of ether oxygens (including phenoxy) is 11. The van der Waals surface area contributed by atoms with Crippen LogP contribution < -0.4 is 23.7 Å². The molecule has 0 aromatic heterocycles. The van der Waals surface area contributed by atoms with E-state index in [1.807, 2.05) is 48.5 Å². The molecular formula is C41H64O13. The van der Waals surface area contributed by atoms with Gasteiger partial charge in [-0.3, -0.25) is 0 Å². The van der Waals surface area contributed by atoms with Gasteiger partial charge in [0.2, 0.25) is 17.2 Å². The molecule has 306 valence electrons. The van der Waals surface area contributed by atoms with Gasteiger partial charge in [0, 0.05) is 49.6 Å². The van der Waals surface area contributed by atoms with Crippen molar-refractivity contribution < 1.29 is 61.7 Å². The zero-order chi connectivity index (χ0) is 40.9. The molecule has 0 spiro atoms. The minimum absolute atomic E-state index is 0.0339. The van der Waals surface area contributed by atoms with Crippen molar-refractivity contribution in [3.63, 3.8) is 0 Å².